The Morgan fingerprint density at radius 1 is 1.27 bits per heavy atom. The Morgan fingerprint density at radius 3 is 2.27 bits per heavy atom. The predicted octanol–water partition coefficient (Wildman–Crippen LogP) is 1.18. The molecule has 0 saturated carbocycles. The number of nitrogens with zero attached hydrogens (tertiary/aromatic N) is 1. The van der Waals surface area contributed by atoms with Crippen LogP contribution in [0.5, 0.6) is 0 Å². The molecule has 0 aromatic rings. The van der Waals surface area contributed by atoms with Crippen molar-refractivity contribution >= 4 is 0 Å². The third-order valence-electron chi connectivity index (χ3n) is 2.87. The minimum Gasteiger partial charge on any atom is -0.298 e. The molecule has 2 nitrogen and oxygen atoms in total. The van der Waals surface area contributed by atoms with Crippen LogP contribution in [0.4, 0.5) is 0 Å². The zero-order valence-corrected chi connectivity index (χ0v) is 7.72. The van der Waals surface area contributed by atoms with Gasteiger partial charge < -0.3 is 0 Å². The summed E-state index contributed by atoms with van der Waals surface area (Å²) in [5.41, 5.74) is 0.354. The number of piperidine rings is 1. The molecular weight excluding hydrogens is 136 g/mol. The van der Waals surface area contributed by atoms with Crippen LogP contribution in [0.15, 0.2) is 0 Å². The SMILES string of the molecule is CC(C)(C)N1CC2CCC1N2. The van der Waals surface area contributed by atoms with E-state index in [1.54, 1.807) is 0 Å². The molecular formula is C9H18N2. The summed E-state index contributed by atoms with van der Waals surface area (Å²) in [6, 6.07) is 0.791. The molecule has 0 spiro atoms. The molecule has 64 valence electrons. The fourth-order valence-corrected chi connectivity index (χ4v) is 2.29. The molecule has 0 aromatic carbocycles. The highest BCUT2D eigenvalue weighted by molar-refractivity contribution is 4.98. The van der Waals surface area contributed by atoms with Gasteiger partial charge in [0.15, 0.2) is 0 Å². The maximum atomic E-state index is 3.61. The third kappa shape index (κ3) is 1.18. The van der Waals surface area contributed by atoms with Crippen molar-refractivity contribution in [2.24, 2.45) is 0 Å². The van der Waals surface area contributed by atoms with E-state index in [1.807, 2.05) is 0 Å². The molecule has 2 unspecified atom stereocenters. The number of nitrogens with one attached hydrogen (secondary N) is 1. The Balaban J connectivity index is 2.08. The van der Waals surface area contributed by atoms with E-state index in [2.05, 4.69) is 31.0 Å². The number of rotatable bonds is 0. The summed E-state index contributed by atoms with van der Waals surface area (Å²) in [4.78, 5) is 2.58. The summed E-state index contributed by atoms with van der Waals surface area (Å²) in [6.45, 7) is 8.16. The normalized spacial score (nSPS) is 38.5. The monoisotopic (exact) mass is 154 g/mol. The van der Waals surface area contributed by atoms with Crippen molar-refractivity contribution in [1.29, 1.82) is 0 Å². The molecule has 2 bridgehead atoms. The van der Waals surface area contributed by atoms with Crippen molar-refractivity contribution in [2.75, 3.05) is 6.54 Å². The fraction of sp³-hybridized carbons (Fsp3) is 1.00. The first-order valence-corrected chi connectivity index (χ1v) is 4.60. The van der Waals surface area contributed by atoms with E-state index in [4.69, 9.17) is 0 Å². The first-order valence-electron chi connectivity index (χ1n) is 4.60. The van der Waals surface area contributed by atoms with E-state index in [0.29, 0.717) is 11.7 Å². The van der Waals surface area contributed by atoms with Gasteiger partial charge in [-0.1, -0.05) is 0 Å². The maximum absolute atomic E-state index is 3.61. The topological polar surface area (TPSA) is 15.3 Å². The Morgan fingerprint density at radius 2 is 2.00 bits per heavy atom. The fourth-order valence-electron chi connectivity index (χ4n) is 2.29. The lowest BCUT2D eigenvalue weighted by atomic mass is 10.0. The average molecular weight is 154 g/mol. The van der Waals surface area contributed by atoms with Gasteiger partial charge in [0.1, 0.15) is 0 Å². The lowest BCUT2D eigenvalue weighted by Gasteiger charge is -2.37. The van der Waals surface area contributed by atoms with Crippen LogP contribution in [0.1, 0.15) is 33.6 Å². The second-order valence-corrected chi connectivity index (χ2v) is 4.78. The molecule has 2 aliphatic rings. The lowest BCUT2D eigenvalue weighted by Crippen LogP contribution is -2.47. The summed E-state index contributed by atoms with van der Waals surface area (Å²) in [7, 11) is 0. The van der Waals surface area contributed by atoms with Crippen LogP contribution < -0.4 is 5.32 Å². The summed E-state index contributed by atoms with van der Waals surface area (Å²) in [6.07, 6.45) is 3.42. The Hall–Kier alpha value is -0.0800. The van der Waals surface area contributed by atoms with E-state index in [9.17, 15) is 0 Å². The van der Waals surface area contributed by atoms with Crippen molar-refractivity contribution in [3.8, 4) is 0 Å². The second kappa shape index (κ2) is 2.20. The molecule has 2 atom stereocenters. The Bertz CT molecular complexity index is 159. The van der Waals surface area contributed by atoms with Crippen LogP contribution in [-0.4, -0.2) is 29.2 Å². The van der Waals surface area contributed by atoms with Gasteiger partial charge in [-0.25, -0.2) is 0 Å². The van der Waals surface area contributed by atoms with Gasteiger partial charge in [0, 0.05) is 18.1 Å². The second-order valence-electron chi connectivity index (χ2n) is 4.78. The molecule has 0 aliphatic carbocycles. The van der Waals surface area contributed by atoms with Crippen LogP contribution >= 0.6 is 0 Å². The van der Waals surface area contributed by atoms with Crippen LogP contribution in [0.25, 0.3) is 0 Å². The van der Waals surface area contributed by atoms with E-state index < -0.39 is 0 Å². The number of fused-ring (bicyclic) bond motifs is 2. The highest BCUT2D eigenvalue weighted by atomic mass is 15.4. The van der Waals surface area contributed by atoms with Gasteiger partial charge in [0.05, 0.1) is 6.17 Å². The summed E-state index contributed by atoms with van der Waals surface area (Å²) in [5, 5.41) is 3.61. The molecule has 2 heteroatoms. The third-order valence-corrected chi connectivity index (χ3v) is 2.87. The van der Waals surface area contributed by atoms with Crippen molar-refractivity contribution in [2.45, 2.75) is 51.4 Å². The first kappa shape index (κ1) is 7.56. The molecule has 2 saturated heterocycles. The number of hydrogen-bond acceptors (Lipinski definition) is 2. The molecule has 2 fully saturated rings. The standard InChI is InChI=1S/C9H18N2/c1-9(2,3)11-6-7-4-5-8(11)10-7/h7-8,10H,4-6H2,1-3H3. The van der Waals surface area contributed by atoms with E-state index in [-0.39, 0.29) is 0 Å². The van der Waals surface area contributed by atoms with Crippen molar-refractivity contribution in [3.63, 3.8) is 0 Å². The summed E-state index contributed by atoms with van der Waals surface area (Å²) < 4.78 is 0. The minimum absolute atomic E-state index is 0.354. The largest absolute Gasteiger partial charge is 0.298 e. The lowest BCUT2D eigenvalue weighted by molar-refractivity contribution is 0.0993. The molecule has 0 radical (unpaired) electrons. The smallest absolute Gasteiger partial charge is 0.0605 e. The molecule has 1 N–H and O–H groups in total. The Kier molecular flexibility index (Phi) is 1.52. The van der Waals surface area contributed by atoms with E-state index in [1.165, 1.54) is 19.4 Å². The van der Waals surface area contributed by atoms with Crippen LogP contribution in [-0.2, 0) is 0 Å². The highest BCUT2D eigenvalue weighted by Crippen LogP contribution is 2.30. The zero-order valence-electron chi connectivity index (χ0n) is 7.72. The molecule has 2 heterocycles. The summed E-state index contributed by atoms with van der Waals surface area (Å²) >= 11 is 0. The van der Waals surface area contributed by atoms with Crippen molar-refractivity contribution < 1.29 is 0 Å². The Labute approximate surface area is 69.0 Å². The van der Waals surface area contributed by atoms with E-state index in [0.717, 1.165) is 6.04 Å². The highest BCUT2D eigenvalue weighted by Gasteiger charge is 2.41. The van der Waals surface area contributed by atoms with Gasteiger partial charge in [0.2, 0.25) is 0 Å². The molecule has 0 amide bonds. The number of hydrogen-bond donors (Lipinski definition) is 1. The maximum Gasteiger partial charge on any atom is 0.0605 e. The van der Waals surface area contributed by atoms with Gasteiger partial charge >= 0.3 is 0 Å². The van der Waals surface area contributed by atoms with Gasteiger partial charge in [0.25, 0.3) is 0 Å². The average Bonchev–Trinajstić information content (AvgIpc) is 2.42. The van der Waals surface area contributed by atoms with E-state index >= 15 is 0 Å². The number of likely N-dealkylation sites (tertiary alicyclic amines) is 1. The summed E-state index contributed by atoms with van der Waals surface area (Å²) in [5.74, 6) is 0. The van der Waals surface area contributed by atoms with Gasteiger partial charge in [-0.05, 0) is 33.6 Å². The zero-order chi connectivity index (χ0) is 8.06. The minimum atomic E-state index is 0.354. The van der Waals surface area contributed by atoms with Gasteiger partial charge in [-0.15, -0.1) is 0 Å². The van der Waals surface area contributed by atoms with Crippen molar-refractivity contribution in [3.05, 3.63) is 0 Å². The van der Waals surface area contributed by atoms with Crippen LogP contribution in [0.3, 0.4) is 0 Å². The molecule has 2 aliphatic heterocycles. The van der Waals surface area contributed by atoms with Crippen molar-refractivity contribution in [1.82, 2.24) is 10.2 Å². The molecule has 2 rings (SSSR count). The molecule has 11 heavy (non-hydrogen) atoms. The van der Waals surface area contributed by atoms with Crippen LogP contribution in [0, 0.1) is 0 Å². The van der Waals surface area contributed by atoms with Gasteiger partial charge in [-0.2, -0.15) is 0 Å². The predicted molar refractivity (Wildman–Crippen MR) is 46.4 cm³/mol. The molecule has 0 aromatic heterocycles. The quantitative estimate of drug-likeness (QED) is 0.563. The first-order chi connectivity index (χ1) is 5.07. The van der Waals surface area contributed by atoms with Crippen LogP contribution in [0.2, 0.25) is 0 Å². The van der Waals surface area contributed by atoms with Gasteiger partial charge in [-0.3, -0.25) is 10.2 Å².